The molecule has 2 heterocycles. The van der Waals surface area contributed by atoms with Crippen molar-refractivity contribution in [1.29, 1.82) is 0 Å². The highest BCUT2D eigenvalue weighted by Gasteiger charge is 2.28. The molecule has 1 saturated carbocycles. The zero-order chi connectivity index (χ0) is 19.1. The van der Waals surface area contributed by atoms with Crippen LogP contribution in [-0.2, 0) is 0 Å². The van der Waals surface area contributed by atoms with E-state index in [1.807, 2.05) is 0 Å². The van der Waals surface area contributed by atoms with Gasteiger partial charge in [0, 0.05) is 18.2 Å². The van der Waals surface area contributed by atoms with Gasteiger partial charge in [0.25, 0.3) is 11.6 Å². The number of benzene rings is 1. The zero-order valence-corrected chi connectivity index (χ0v) is 14.5. The van der Waals surface area contributed by atoms with Crippen LogP contribution in [0.1, 0.15) is 52.2 Å². The van der Waals surface area contributed by atoms with Crippen molar-refractivity contribution >= 4 is 17.0 Å². The smallest absolute Gasteiger partial charge is 0.259 e. The molecule has 1 amide bonds. The first-order valence-corrected chi connectivity index (χ1v) is 8.62. The summed E-state index contributed by atoms with van der Waals surface area (Å²) < 4.78 is 31.5. The van der Waals surface area contributed by atoms with Crippen LogP contribution >= 0.6 is 0 Å². The highest BCUT2D eigenvalue weighted by Crippen LogP contribution is 2.40. The van der Waals surface area contributed by atoms with Crippen molar-refractivity contribution in [3.8, 4) is 0 Å². The number of aryl methyl sites for hydroxylation is 1. The maximum absolute atomic E-state index is 13.3. The normalized spacial score (nSPS) is 15.1. The minimum Gasteiger partial charge on any atom is -0.387 e. The summed E-state index contributed by atoms with van der Waals surface area (Å²) in [6.45, 7) is 1.56. The standard InChI is InChI=1S/C19H17F2N3O3/c1-9-17-12(7-15(10-2-3-10)23-19(17)27-24-9)18(26)22-8-16(25)11-4-5-13(20)14(21)6-11/h4-7,10,16,25H,2-3,8H2,1H3,(H,22,26). The number of aromatic nitrogens is 2. The van der Waals surface area contributed by atoms with E-state index in [9.17, 15) is 18.7 Å². The average Bonchev–Trinajstić information content (AvgIpc) is 3.44. The van der Waals surface area contributed by atoms with E-state index in [-0.39, 0.29) is 12.1 Å². The summed E-state index contributed by atoms with van der Waals surface area (Å²) in [6.07, 6.45) is 0.858. The number of halogens is 2. The predicted octanol–water partition coefficient (Wildman–Crippen LogP) is 3.15. The number of nitrogens with zero attached hydrogens (tertiary/aromatic N) is 2. The summed E-state index contributed by atoms with van der Waals surface area (Å²) in [7, 11) is 0. The molecule has 8 heteroatoms. The third-order valence-corrected chi connectivity index (χ3v) is 4.66. The lowest BCUT2D eigenvalue weighted by atomic mass is 10.1. The van der Waals surface area contributed by atoms with Crippen molar-refractivity contribution in [2.45, 2.75) is 31.8 Å². The van der Waals surface area contributed by atoms with Crippen molar-refractivity contribution in [2.75, 3.05) is 6.54 Å². The van der Waals surface area contributed by atoms with E-state index in [1.54, 1.807) is 13.0 Å². The van der Waals surface area contributed by atoms with Gasteiger partial charge in [0.2, 0.25) is 0 Å². The van der Waals surface area contributed by atoms with Gasteiger partial charge >= 0.3 is 0 Å². The summed E-state index contributed by atoms with van der Waals surface area (Å²) in [5.74, 6) is -2.15. The van der Waals surface area contributed by atoms with Gasteiger partial charge in [-0.2, -0.15) is 0 Å². The van der Waals surface area contributed by atoms with Crippen molar-refractivity contribution in [3.05, 3.63) is 58.4 Å². The fourth-order valence-corrected chi connectivity index (χ4v) is 3.00. The fourth-order valence-electron chi connectivity index (χ4n) is 3.00. The number of hydrogen-bond donors (Lipinski definition) is 2. The van der Waals surface area contributed by atoms with E-state index in [1.165, 1.54) is 6.07 Å². The van der Waals surface area contributed by atoms with Gasteiger partial charge in [-0.3, -0.25) is 4.79 Å². The molecule has 1 aromatic carbocycles. The summed E-state index contributed by atoms with van der Waals surface area (Å²) >= 11 is 0. The van der Waals surface area contributed by atoms with Crippen molar-refractivity contribution in [2.24, 2.45) is 0 Å². The molecule has 140 valence electrons. The number of pyridine rings is 1. The lowest BCUT2D eigenvalue weighted by Gasteiger charge is -2.13. The van der Waals surface area contributed by atoms with E-state index in [0.29, 0.717) is 28.3 Å². The molecule has 2 N–H and O–H groups in total. The van der Waals surface area contributed by atoms with Gasteiger partial charge in [-0.25, -0.2) is 13.8 Å². The number of amides is 1. The number of aliphatic hydroxyl groups is 1. The monoisotopic (exact) mass is 373 g/mol. The van der Waals surface area contributed by atoms with E-state index in [0.717, 1.165) is 30.7 Å². The second-order valence-electron chi connectivity index (χ2n) is 6.72. The number of nitrogens with one attached hydrogen (secondary N) is 1. The number of carbonyl (C=O) groups is 1. The van der Waals surface area contributed by atoms with Gasteiger partial charge in [0.05, 0.1) is 22.7 Å². The molecule has 4 rings (SSSR count). The number of rotatable bonds is 5. The Morgan fingerprint density at radius 1 is 1.33 bits per heavy atom. The second-order valence-corrected chi connectivity index (χ2v) is 6.72. The van der Waals surface area contributed by atoms with Crippen LogP contribution in [0.25, 0.3) is 11.1 Å². The minimum atomic E-state index is -1.17. The van der Waals surface area contributed by atoms with Crippen LogP contribution in [0.15, 0.2) is 28.8 Å². The van der Waals surface area contributed by atoms with Crippen molar-refractivity contribution < 1.29 is 23.2 Å². The van der Waals surface area contributed by atoms with Gasteiger partial charge in [-0.05, 0) is 43.5 Å². The Morgan fingerprint density at radius 3 is 2.81 bits per heavy atom. The van der Waals surface area contributed by atoms with E-state index < -0.39 is 23.6 Å². The third kappa shape index (κ3) is 3.40. The van der Waals surface area contributed by atoms with Gasteiger partial charge in [-0.15, -0.1) is 0 Å². The summed E-state index contributed by atoms with van der Waals surface area (Å²) in [4.78, 5) is 17.1. The summed E-state index contributed by atoms with van der Waals surface area (Å²) in [5.41, 5.74) is 2.19. The second kappa shape index (κ2) is 6.70. The predicted molar refractivity (Wildman–Crippen MR) is 92.2 cm³/mol. The van der Waals surface area contributed by atoms with Crippen LogP contribution < -0.4 is 5.32 Å². The highest BCUT2D eigenvalue weighted by molar-refractivity contribution is 6.06. The summed E-state index contributed by atoms with van der Waals surface area (Å²) in [5, 5.41) is 17.2. The lowest BCUT2D eigenvalue weighted by Crippen LogP contribution is -2.28. The summed E-state index contributed by atoms with van der Waals surface area (Å²) in [6, 6.07) is 4.84. The molecule has 1 atom stereocenters. The van der Waals surface area contributed by atoms with Crippen LogP contribution in [-0.4, -0.2) is 27.7 Å². The molecule has 0 spiro atoms. The first-order valence-electron chi connectivity index (χ1n) is 8.62. The lowest BCUT2D eigenvalue weighted by molar-refractivity contribution is 0.0917. The molecular formula is C19H17F2N3O3. The van der Waals surface area contributed by atoms with Crippen LogP contribution in [0.5, 0.6) is 0 Å². The van der Waals surface area contributed by atoms with Gasteiger partial charge in [0.1, 0.15) is 0 Å². The maximum atomic E-state index is 13.3. The minimum absolute atomic E-state index is 0.156. The Kier molecular flexibility index (Phi) is 4.35. The van der Waals surface area contributed by atoms with Crippen LogP contribution in [0.2, 0.25) is 0 Å². The molecule has 3 aromatic rings. The molecule has 1 aliphatic rings. The molecule has 0 bridgehead atoms. The zero-order valence-electron chi connectivity index (χ0n) is 14.5. The van der Waals surface area contributed by atoms with E-state index >= 15 is 0 Å². The van der Waals surface area contributed by atoms with Gasteiger partial charge < -0.3 is 14.9 Å². The molecule has 1 aliphatic carbocycles. The first-order chi connectivity index (χ1) is 12.9. The van der Waals surface area contributed by atoms with E-state index in [2.05, 4.69) is 15.5 Å². The molecule has 1 unspecified atom stereocenters. The molecule has 0 radical (unpaired) electrons. The third-order valence-electron chi connectivity index (χ3n) is 4.66. The van der Waals surface area contributed by atoms with Crippen LogP contribution in [0.3, 0.4) is 0 Å². The molecular weight excluding hydrogens is 356 g/mol. The number of hydrogen-bond acceptors (Lipinski definition) is 5. The highest BCUT2D eigenvalue weighted by atomic mass is 19.2. The van der Waals surface area contributed by atoms with Crippen LogP contribution in [0, 0.1) is 18.6 Å². The Morgan fingerprint density at radius 2 is 2.11 bits per heavy atom. The SMILES string of the molecule is Cc1noc2nc(C3CC3)cc(C(=O)NCC(O)c3ccc(F)c(F)c3)c12. The Bertz CT molecular complexity index is 1030. The number of fused-ring (bicyclic) bond motifs is 1. The first kappa shape index (κ1) is 17.5. The Labute approximate surface area is 153 Å². The Hall–Kier alpha value is -2.87. The number of aliphatic hydroxyl groups excluding tert-OH is 1. The maximum Gasteiger partial charge on any atom is 0.259 e. The molecule has 2 aromatic heterocycles. The van der Waals surface area contributed by atoms with Crippen molar-refractivity contribution in [3.63, 3.8) is 0 Å². The van der Waals surface area contributed by atoms with Gasteiger partial charge in [0.15, 0.2) is 11.6 Å². The van der Waals surface area contributed by atoms with Crippen molar-refractivity contribution in [1.82, 2.24) is 15.5 Å². The Balaban J connectivity index is 1.55. The molecule has 1 fully saturated rings. The van der Waals surface area contributed by atoms with Crippen LogP contribution in [0.4, 0.5) is 8.78 Å². The molecule has 27 heavy (non-hydrogen) atoms. The van der Waals surface area contributed by atoms with Gasteiger partial charge in [-0.1, -0.05) is 11.2 Å². The largest absolute Gasteiger partial charge is 0.387 e. The molecule has 0 saturated heterocycles. The molecule has 6 nitrogen and oxygen atoms in total. The topological polar surface area (TPSA) is 88.2 Å². The quantitative estimate of drug-likeness (QED) is 0.717. The average molecular weight is 373 g/mol. The number of carbonyl (C=O) groups excluding carboxylic acids is 1. The van der Waals surface area contributed by atoms with E-state index in [4.69, 9.17) is 4.52 Å². The fraction of sp³-hybridized carbons (Fsp3) is 0.316. The molecule has 0 aliphatic heterocycles.